The van der Waals surface area contributed by atoms with Crippen LogP contribution in [0.25, 0.3) is 6.08 Å². The number of amides is 2. The van der Waals surface area contributed by atoms with E-state index in [4.69, 9.17) is 8.92 Å². The van der Waals surface area contributed by atoms with Gasteiger partial charge in [0.25, 0.3) is 11.1 Å². The van der Waals surface area contributed by atoms with Crippen molar-refractivity contribution >= 4 is 55.0 Å². The van der Waals surface area contributed by atoms with Gasteiger partial charge in [0.15, 0.2) is 11.5 Å². The number of imide groups is 1. The van der Waals surface area contributed by atoms with Crippen LogP contribution < -0.4 is 8.92 Å². The number of hydrogen-bond acceptors (Lipinski definition) is 7. The summed E-state index contributed by atoms with van der Waals surface area (Å²) in [4.78, 5) is 26.8. The third kappa shape index (κ3) is 5.77. The van der Waals surface area contributed by atoms with E-state index in [1.807, 2.05) is 30.3 Å². The van der Waals surface area contributed by atoms with Crippen LogP contribution in [0.4, 0.5) is 4.79 Å². The van der Waals surface area contributed by atoms with E-state index in [1.165, 1.54) is 17.0 Å². The van der Waals surface area contributed by atoms with E-state index >= 15 is 0 Å². The molecule has 1 fully saturated rings. The summed E-state index contributed by atoms with van der Waals surface area (Å²) < 4.78 is 36.8. The first-order valence-corrected chi connectivity index (χ1v) is 13.6. The second kappa shape index (κ2) is 10.7. The molecule has 0 aromatic heterocycles. The number of nitrogens with zero attached hydrogens (tertiary/aromatic N) is 1. The zero-order chi connectivity index (χ0) is 25.0. The maximum atomic E-state index is 12.9. The van der Waals surface area contributed by atoms with Gasteiger partial charge in [-0.2, -0.15) is 8.42 Å². The van der Waals surface area contributed by atoms with E-state index in [0.717, 1.165) is 17.3 Å². The predicted octanol–water partition coefficient (Wildman–Crippen LogP) is 5.85. The summed E-state index contributed by atoms with van der Waals surface area (Å²) in [5.41, 5.74) is 1.38. The Morgan fingerprint density at radius 3 is 2.31 bits per heavy atom. The lowest BCUT2D eigenvalue weighted by Gasteiger charge is -2.15. The third-order valence-corrected chi connectivity index (χ3v) is 7.64. The fourth-order valence-corrected chi connectivity index (χ4v) is 5.78. The van der Waals surface area contributed by atoms with Gasteiger partial charge in [-0.25, -0.2) is 0 Å². The summed E-state index contributed by atoms with van der Waals surface area (Å²) in [6.07, 6.45) is 1.57. The minimum atomic E-state index is -4.10. The number of ether oxygens (including phenoxy) is 1. The number of benzene rings is 3. The molecule has 180 valence electrons. The quantitative estimate of drug-likeness (QED) is 0.246. The topological polar surface area (TPSA) is 90.0 Å². The van der Waals surface area contributed by atoms with Gasteiger partial charge in [-0.15, -0.1) is 0 Å². The van der Waals surface area contributed by atoms with Crippen molar-refractivity contribution in [2.75, 3.05) is 6.61 Å². The van der Waals surface area contributed by atoms with Gasteiger partial charge in [-0.05, 0) is 76.1 Å². The standard InChI is InChI=1S/C25H20BrNO6S2/c1-2-32-21-14-18(13-20(26)23(21)33-35(30,31)19-11-7-4-8-12-19)15-22-24(28)27(25(29)34-22)16-17-9-5-3-6-10-17/h3-15H,2,16H2,1H3/b22-15-. The van der Waals surface area contributed by atoms with Crippen molar-refractivity contribution in [2.45, 2.75) is 18.4 Å². The largest absolute Gasteiger partial charge is 0.490 e. The molecule has 1 aliphatic heterocycles. The van der Waals surface area contributed by atoms with Crippen LogP contribution in [0.3, 0.4) is 0 Å². The van der Waals surface area contributed by atoms with Crippen LogP contribution in [-0.2, 0) is 21.5 Å². The summed E-state index contributed by atoms with van der Waals surface area (Å²) in [7, 11) is -4.10. The van der Waals surface area contributed by atoms with Gasteiger partial charge < -0.3 is 8.92 Å². The van der Waals surface area contributed by atoms with Gasteiger partial charge in [-0.1, -0.05) is 48.5 Å². The number of rotatable bonds is 8. The lowest BCUT2D eigenvalue weighted by molar-refractivity contribution is -0.123. The third-order valence-electron chi connectivity index (χ3n) is 4.91. The maximum Gasteiger partial charge on any atom is 0.339 e. The molecule has 3 aromatic rings. The zero-order valence-electron chi connectivity index (χ0n) is 18.5. The minimum Gasteiger partial charge on any atom is -0.490 e. The van der Waals surface area contributed by atoms with Gasteiger partial charge in [-0.3, -0.25) is 14.5 Å². The summed E-state index contributed by atoms with van der Waals surface area (Å²) in [6.45, 7) is 2.19. The average molecular weight is 574 g/mol. The second-order valence-corrected chi connectivity index (χ2v) is 10.8. The normalized spacial score (nSPS) is 15.0. The summed E-state index contributed by atoms with van der Waals surface area (Å²) in [6, 6.07) is 20.2. The van der Waals surface area contributed by atoms with Gasteiger partial charge in [0.2, 0.25) is 0 Å². The molecule has 0 saturated carbocycles. The Balaban J connectivity index is 1.62. The van der Waals surface area contributed by atoms with E-state index < -0.39 is 16.0 Å². The smallest absolute Gasteiger partial charge is 0.339 e. The van der Waals surface area contributed by atoms with Crippen molar-refractivity contribution in [1.82, 2.24) is 4.90 Å². The number of halogens is 1. The molecule has 10 heteroatoms. The molecule has 7 nitrogen and oxygen atoms in total. The molecule has 0 unspecified atom stereocenters. The molecule has 0 atom stereocenters. The molecule has 1 saturated heterocycles. The van der Waals surface area contributed by atoms with Gasteiger partial charge in [0.1, 0.15) is 4.90 Å². The minimum absolute atomic E-state index is 0.00511. The van der Waals surface area contributed by atoms with Crippen molar-refractivity contribution in [1.29, 1.82) is 0 Å². The Kier molecular flexibility index (Phi) is 7.63. The van der Waals surface area contributed by atoms with Gasteiger partial charge in [0, 0.05) is 0 Å². The van der Waals surface area contributed by atoms with Crippen LogP contribution in [0.2, 0.25) is 0 Å². The number of carbonyl (C=O) groups is 2. The van der Waals surface area contributed by atoms with Crippen molar-refractivity contribution < 1.29 is 26.9 Å². The Labute approximate surface area is 216 Å². The lowest BCUT2D eigenvalue weighted by Crippen LogP contribution is -2.27. The van der Waals surface area contributed by atoms with Crippen molar-refractivity contribution in [3.8, 4) is 11.5 Å². The molecule has 0 radical (unpaired) electrons. The van der Waals surface area contributed by atoms with E-state index in [1.54, 1.807) is 43.3 Å². The van der Waals surface area contributed by atoms with Crippen molar-refractivity contribution in [3.05, 3.63) is 93.3 Å². The fourth-order valence-electron chi connectivity index (χ4n) is 3.31. The molecule has 35 heavy (non-hydrogen) atoms. The van der Waals surface area contributed by atoms with Crippen molar-refractivity contribution in [3.63, 3.8) is 0 Å². The van der Waals surface area contributed by atoms with E-state index in [-0.39, 0.29) is 39.7 Å². The highest BCUT2D eigenvalue weighted by atomic mass is 79.9. The molecule has 0 aliphatic carbocycles. The molecule has 0 bridgehead atoms. The number of hydrogen-bond donors (Lipinski definition) is 0. The molecule has 2 amide bonds. The SMILES string of the molecule is CCOc1cc(/C=C2\SC(=O)N(Cc3ccccc3)C2=O)cc(Br)c1OS(=O)(=O)c1ccccc1. The molecule has 4 rings (SSSR count). The van der Waals surface area contributed by atoms with E-state index in [2.05, 4.69) is 15.9 Å². The molecule has 3 aromatic carbocycles. The Morgan fingerprint density at radius 2 is 1.66 bits per heavy atom. The summed E-state index contributed by atoms with van der Waals surface area (Å²) in [5.74, 6) is -0.230. The van der Waals surface area contributed by atoms with E-state index in [9.17, 15) is 18.0 Å². The number of thioether (sulfide) groups is 1. The first-order valence-electron chi connectivity index (χ1n) is 10.5. The van der Waals surface area contributed by atoms with E-state index in [0.29, 0.717) is 10.0 Å². The molecular weight excluding hydrogens is 554 g/mol. The Morgan fingerprint density at radius 1 is 1.00 bits per heavy atom. The van der Waals surface area contributed by atoms with Crippen LogP contribution in [0.15, 0.2) is 87.1 Å². The highest BCUT2D eigenvalue weighted by Gasteiger charge is 2.35. The Hall–Kier alpha value is -3.08. The van der Waals surface area contributed by atoms with Gasteiger partial charge in [0.05, 0.1) is 22.5 Å². The highest BCUT2D eigenvalue weighted by Crippen LogP contribution is 2.40. The van der Waals surface area contributed by atoms with Crippen LogP contribution in [0, 0.1) is 0 Å². The predicted molar refractivity (Wildman–Crippen MR) is 138 cm³/mol. The monoisotopic (exact) mass is 573 g/mol. The van der Waals surface area contributed by atoms with Crippen LogP contribution in [0.5, 0.6) is 11.5 Å². The maximum absolute atomic E-state index is 12.9. The molecule has 1 aliphatic rings. The highest BCUT2D eigenvalue weighted by molar-refractivity contribution is 9.10. The lowest BCUT2D eigenvalue weighted by atomic mass is 10.1. The van der Waals surface area contributed by atoms with Crippen LogP contribution in [-0.4, -0.2) is 31.1 Å². The summed E-state index contributed by atoms with van der Waals surface area (Å²) in [5, 5.41) is -0.358. The molecule has 0 N–H and O–H groups in total. The van der Waals surface area contributed by atoms with Gasteiger partial charge >= 0.3 is 10.1 Å². The van der Waals surface area contributed by atoms with Crippen LogP contribution >= 0.6 is 27.7 Å². The molecule has 1 heterocycles. The Bertz CT molecular complexity index is 1390. The number of carbonyl (C=O) groups excluding carboxylic acids is 2. The summed E-state index contributed by atoms with van der Waals surface area (Å²) >= 11 is 4.21. The molecular formula is C25H20BrNO6S2. The van der Waals surface area contributed by atoms with Crippen molar-refractivity contribution in [2.24, 2.45) is 0 Å². The molecule has 0 spiro atoms. The second-order valence-electron chi connectivity index (χ2n) is 7.37. The van der Waals surface area contributed by atoms with Crippen LogP contribution in [0.1, 0.15) is 18.1 Å². The zero-order valence-corrected chi connectivity index (χ0v) is 21.7. The first-order chi connectivity index (χ1) is 16.8. The average Bonchev–Trinajstić information content (AvgIpc) is 3.10. The fraction of sp³-hybridized carbons (Fsp3) is 0.120. The first kappa shape index (κ1) is 25.0.